The van der Waals surface area contributed by atoms with E-state index in [-0.39, 0.29) is 11.2 Å². The number of nitrogens with zero attached hydrogens (tertiary/aromatic N) is 5. The molecule has 20 heavy (non-hydrogen) atoms. The van der Waals surface area contributed by atoms with Crippen LogP contribution in [0.3, 0.4) is 0 Å². The van der Waals surface area contributed by atoms with Crippen molar-refractivity contribution in [3.63, 3.8) is 0 Å². The lowest BCUT2D eigenvalue weighted by Crippen LogP contribution is -2.37. The van der Waals surface area contributed by atoms with E-state index >= 15 is 0 Å². The summed E-state index contributed by atoms with van der Waals surface area (Å²) < 4.78 is 4.19. The van der Waals surface area contributed by atoms with Crippen LogP contribution in [0.25, 0.3) is 11.2 Å². The molecular weight excluding hydrogens is 258 g/mol. The molecule has 102 valence electrons. The van der Waals surface area contributed by atoms with E-state index in [1.165, 1.54) is 11.6 Å². The molecule has 0 fully saturated rings. The van der Waals surface area contributed by atoms with E-state index in [0.717, 1.165) is 10.1 Å². The third kappa shape index (κ3) is 1.75. The van der Waals surface area contributed by atoms with Gasteiger partial charge in [-0.05, 0) is 11.6 Å². The van der Waals surface area contributed by atoms with Crippen LogP contribution in [0.5, 0.6) is 0 Å². The Morgan fingerprint density at radius 1 is 1.20 bits per heavy atom. The van der Waals surface area contributed by atoms with Gasteiger partial charge in [0.25, 0.3) is 5.56 Å². The van der Waals surface area contributed by atoms with Crippen LogP contribution < -0.4 is 11.2 Å². The number of hydrogen-bond donors (Lipinski definition) is 0. The first-order valence-corrected chi connectivity index (χ1v) is 6.09. The highest BCUT2D eigenvalue weighted by Crippen LogP contribution is 2.08. The zero-order valence-corrected chi connectivity index (χ0v) is 11.1. The monoisotopic (exact) mass is 271 g/mol. The van der Waals surface area contributed by atoms with Crippen LogP contribution in [-0.4, -0.2) is 23.7 Å². The van der Waals surface area contributed by atoms with Gasteiger partial charge in [0.1, 0.15) is 0 Å². The number of aromatic nitrogens is 5. The van der Waals surface area contributed by atoms with Gasteiger partial charge in [-0.25, -0.2) is 9.78 Å². The lowest BCUT2D eigenvalue weighted by Gasteiger charge is -2.06. The van der Waals surface area contributed by atoms with E-state index in [1.807, 2.05) is 12.1 Å². The van der Waals surface area contributed by atoms with Crippen molar-refractivity contribution in [2.45, 2.75) is 6.54 Å². The van der Waals surface area contributed by atoms with E-state index in [4.69, 9.17) is 0 Å². The van der Waals surface area contributed by atoms with Crippen molar-refractivity contribution in [2.24, 2.45) is 14.1 Å². The predicted octanol–water partition coefficient (Wildman–Crippen LogP) is -0.123. The summed E-state index contributed by atoms with van der Waals surface area (Å²) in [6.45, 7) is 0.484. The molecule has 3 rings (SSSR count). The van der Waals surface area contributed by atoms with Crippen molar-refractivity contribution in [2.75, 3.05) is 0 Å². The molecule has 0 spiro atoms. The maximum Gasteiger partial charge on any atom is 0.332 e. The second-order valence-electron chi connectivity index (χ2n) is 4.61. The second kappa shape index (κ2) is 4.44. The summed E-state index contributed by atoms with van der Waals surface area (Å²) in [7, 11) is 3.07. The van der Waals surface area contributed by atoms with Crippen molar-refractivity contribution in [1.82, 2.24) is 23.7 Å². The van der Waals surface area contributed by atoms with Crippen LogP contribution in [0.2, 0.25) is 0 Å². The molecule has 0 saturated carbocycles. The molecule has 3 aromatic heterocycles. The number of hydrogen-bond acceptors (Lipinski definition) is 4. The van der Waals surface area contributed by atoms with Crippen LogP contribution in [0, 0.1) is 0 Å². The van der Waals surface area contributed by atoms with E-state index in [9.17, 15) is 9.59 Å². The Bertz CT molecular complexity index is 889. The zero-order valence-electron chi connectivity index (χ0n) is 11.1. The first-order chi connectivity index (χ1) is 9.59. The topological polar surface area (TPSA) is 74.7 Å². The summed E-state index contributed by atoms with van der Waals surface area (Å²) in [6.07, 6.45) is 5.00. The van der Waals surface area contributed by atoms with Gasteiger partial charge in [0.15, 0.2) is 11.2 Å². The third-order valence-corrected chi connectivity index (χ3v) is 3.29. The Kier molecular flexibility index (Phi) is 2.74. The molecule has 7 heteroatoms. The Labute approximate surface area is 113 Å². The molecule has 0 N–H and O–H groups in total. The van der Waals surface area contributed by atoms with Gasteiger partial charge in [-0.3, -0.25) is 18.9 Å². The van der Waals surface area contributed by atoms with Crippen molar-refractivity contribution in [3.05, 3.63) is 57.3 Å². The first-order valence-electron chi connectivity index (χ1n) is 6.09. The standard InChI is InChI=1S/C13H13N5O2/c1-16-11-10(12(19)17(2)13(16)20)18(8-15-11)7-9-4-3-5-14-6-9/h3-6,8H,7H2,1-2H3. The van der Waals surface area contributed by atoms with Crippen molar-refractivity contribution < 1.29 is 0 Å². The zero-order chi connectivity index (χ0) is 14.3. The molecule has 0 unspecified atom stereocenters. The molecule has 0 bridgehead atoms. The number of fused-ring (bicyclic) bond motifs is 1. The minimum atomic E-state index is -0.380. The number of aryl methyl sites for hydroxylation is 1. The Morgan fingerprint density at radius 3 is 2.70 bits per heavy atom. The molecular formula is C13H13N5O2. The van der Waals surface area contributed by atoms with Crippen LogP contribution in [0.15, 0.2) is 40.4 Å². The van der Waals surface area contributed by atoms with E-state index < -0.39 is 0 Å². The minimum absolute atomic E-state index is 0.343. The van der Waals surface area contributed by atoms with E-state index in [0.29, 0.717) is 17.7 Å². The molecule has 0 saturated heterocycles. The lowest BCUT2D eigenvalue weighted by atomic mass is 10.3. The SMILES string of the molecule is Cn1c(=O)c2c(ncn2Cc2cccnc2)n(C)c1=O. The maximum absolute atomic E-state index is 12.2. The summed E-state index contributed by atoms with van der Waals surface area (Å²) in [5.74, 6) is 0. The highest BCUT2D eigenvalue weighted by Gasteiger charge is 2.14. The van der Waals surface area contributed by atoms with Crippen LogP contribution in [-0.2, 0) is 20.6 Å². The molecule has 0 radical (unpaired) electrons. The van der Waals surface area contributed by atoms with Gasteiger partial charge >= 0.3 is 5.69 Å². The van der Waals surface area contributed by atoms with Crippen LogP contribution in [0.1, 0.15) is 5.56 Å². The fourth-order valence-corrected chi connectivity index (χ4v) is 2.21. The summed E-state index contributed by atoms with van der Waals surface area (Å²) in [4.78, 5) is 32.3. The van der Waals surface area contributed by atoms with E-state index in [2.05, 4.69) is 9.97 Å². The predicted molar refractivity (Wildman–Crippen MR) is 73.6 cm³/mol. The molecule has 3 heterocycles. The smallest absolute Gasteiger partial charge is 0.320 e. The van der Waals surface area contributed by atoms with Gasteiger partial charge in [-0.2, -0.15) is 0 Å². The Morgan fingerprint density at radius 2 is 2.00 bits per heavy atom. The molecule has 0 amide bonds. The summed E-state index contributed by atoms with van der Waals surface area (Å²) in [5.41, 5.74) is 1.04. The Balaban J connectivity index is 2.24. The largest absolute Gasteiger partial charge is 0.332 e. The molecule has 0 aliphatic carbocycles. The van der Waals surface area contributed by atoms with Crippen molar-refractivity contribution in [3.8, 4) is 0 Å². The van der Waals surface area contributed by atoms with Gasteiger partial charge < -0.3 is 4.57 Å². The number of imidazole rings is 1. The van der Waals surface area contributed by atoms with E-state index in [1.54, 1.807) is 30.3 Å². The van der Waals surface area contributed by atoms with Gasteiger partial charge in [-0.1, -0.05) is 6.07 Å². The fraction of sp³-hybridized carbons (Fsp3) is 0.231. The average molecular weight is 271 g/mol. The molecule has 0 aliphatic heterocycles. The summed E-state index contributed by atoms with van der Waals surface area (Å²) >= 11 is 0. The normalized spacial score (nSPS) is 11.1. The van der Waals surface area contributed by atoms with Crippen molar-refractivity contribution >= 4 is 11.2 Å². The highest BCUT2D eigenvalue weighted by molar-refractivity contribution is 5.70. The van der Waals surface area contributed by atoms with Crippen molar-refractivity contribution in [1.29, 1.82) is 0 Å². The van der Waals surface area contributed by atoms with Gasteiger partial charge in [0.05, 0.1) is 12.9 Å². The van der Waals surface area contributed by atoms with Crippen LogP contribution >= 0.6 is 0 Å². The molecule has 0 aliphatic rings. The summed E-state index contributed by atoms with van der Waals surface area (Å²) in [6, 6.07) is 3.76. The van der Waals surface area contributed by atoms with Gasteiger partial charge in [0, 0.05) is 26.5 Å². The molecule has 3 aromatic rings. The maximum atomic E-state index is 12.2. The average Bonchev–Trinajstić information content (AvgIpc) is 2.88. The number of pyridine rings is 1. The quantitative estimate of drug-likeness (QED) is 0.651. The number of rotatable bonds is 2. The lowest BCUT2D eigenvalue weighted by molar-refractivity contribution is 0.702. The molecule has 0 aromatic carbocycles. The van der Waals surface area contributed by atoms with Gasteiger partial charge in [-0.15, -0.1) is 0 Å². The highest BCUT2D eigenvalue weighted by atomic mass is 16.2. The first kappa shape index (κ1) is 12.3. The Hall–Kier alpha value is -2.70. The minimum Gasteiger partial charge on any atom is -0.320 e. The van der Waals surface area contributed by atoms with Gasteiger partial charge in [0.2, 0.25) is 0 Å². The van der Waals surface area contributed by atoms with Crippen LogP contribution in [0.4, 0.5) is 0 Å². The fourth-order valence-electron chi connectivity index (χ4n) is 2.21. The second-order valence-corrected chi connectivity index (χ2v) is 4.61. The third-order valence-electron chi connectivity index (χ3n) is 3.29. The molecule has 7 nitrogen and oxygen atoms in total. The summed E-state index contributed by atoms with van der Waals surface area (Å²) in [5, 5.41) is 0. The molecule has 0 atom stereocenters.